The van der Waals surface area contributed by atoms with Crippen LogP contribution in [0.4, 0.5) is 0 Å². The zero-order valence-electron chi connectivity index (χ0n) is 14.6. The highest BCUT2D eigenvalue weighted by Crippen LogP contribution is 2.15. The predicted octanol–water partition coefficient (Wildman–Crippen LogP) is 1.78. The van der Waals surface area contributed by atoms with Crippen LogP contribution in [-0.4, -0.2) is 47.8 Å². The molecule has 8 nitrogen and oxygen atoms in total. The number of nitrogens with zero attached hydrogens (tertiary/aromatic N) is 7. The standard InChI is InChI=1S/C17H21N7O/c1-4-23-12-14(10-18-23)11-22(3)17(25)13(2)24-20-16(19-21-24)15-8-6-5-7-9-15/h5-10,12-13H,4,11H2,1-3H3/t13-/m0/s1. The molecular formula is C17H21N7O. The molecule has 0 bridgehead atoms. The van der Waals surface area contributed by atoms with Gasteiger partial charge in [0, 0.05) is 37.5 Å². The van der Waals surface area contributed by atoms with E-state index < -0.39 is 6.04 Å². The maximum absolute atomic E-state index is 12.6. The molecule has 0 N–H and O–H groups in total. The van der Waals surface area contributed by atoms with Crippen molar-refractivity contribution in [3.05, 3.63) is 48.3 Å². The molecular weight excluding hydrogens is 318 g/mol. The van der Waals surface area contributed by atoms with Crippen LogP contribution in [-0.2, 0) is 17.9 Å². The summed E-state index contributed by atoms with van der Waals surface area (Å²) in [6, 6.07) is 9.03. The predicted molar refractivity (Wildman–Crippen MR) is 92.3 cm³/mol. The second kappa shape index (κ2) is 7.25. The van der Waals surface area contributed by atoms with Gasteiger partial charge in [-0.2, -0.15) is 9.90 Å². The monoisotopic (exact) mass is 339 g/mol. The number of aromatic nitrogens is 6. The number of tetrazole rings is 1. The summed E-state index contributed by atoms with van der Waals surface area (Å²) < 4.78 is 1.84. The molecule has 0 unspecified atom stereocenters. The van der Waals surface area contributed by atoms with E-state index in [9.17, 15) is 4.79 Å². The number of rotatable bonds is 6. The quantitative estimate of drug-likeness (QED) is 0.684. The lowest BCUT2D eigenvalue weighted by atomic mass is 10.2. The van der Waals surface area contributed by atoms with E-state index in [-0.39, 0.29) is 5.91 Å². The average Bonchev–Trinajstić information content (AvgIpc) is 3.30. The van der Waals surface area contributed by atoms with Gasteiger partial charge in [-0.1, -0.05) is 30.3 Å². The smallest absolute Gasteiger partial charge is 0.249 e. The summed E-state index contributed by atoms with van der Waals surface area (Å²) in [6.45, 7) is 5.09. The fraction of sp³-hybridized carbons (Fsp3) is 0.353. The van der Waals surface area contributed by atoms with Crippen LogP contribution in [0.3, 0.4) is 0 Å². The number of hydrogen-bond acceptors (Lipinski definition) is 5. The lowest BCUT2D eigenvalue weighted by Gasteiger charge is -2.19. The minimum atomic E-state index is -0.531. The number of aryl methyl sites for hydroxylation is 1. The lowest BCUT2D eigenvalue weighted by molar-refractivity contribution is -0.134. The van der Waals surface area contributed by atoms with Crippen molar-refractivity contribution in [2.24, 2.45) is 0 Å². The van der Waals surface area contributed by atoms with Crippen LogP contribution >= 0.6 is 0 Å². The molecule has 25 heavy (non-hydrogen) atoms. The molecule has 1 atom stereocenters. The van der Waals surface area contributed by atoms with Crippen molar-refractivity contribution >= 4 is 5.91 Å². The fourth-order valence-corrected chi connectivity index (χ4v) is 2.52. The number of amides is 1. The van der Waals surface area contributed by atoms with Crippen LogP contribution in [0.25, 0.3) is 11.4 Å². The van der Waals surface area contributed by atoms with Crippen molar-refractivity contribution in [2.75, 3.05) is 7.05 Å². The number of carbonyl (C=O) groups is 1. The Morgan fingerprint density at radius 1 is 1.28 bits per heavy atom. The van der Waals surface area contributed by atoms with Gasteiger partial charge in [-0.3, -0.25) is 9.48 Å². The first-order valence-electron chi connectivity index (χ1n) is 8.19. The summed E-state index contributed by atoms with van der Waals surface area (Å²) in [5, 5.41) is 16.6. The summed E-state index contributed by atoms with van der Waals surface area (Å²) in [7, 11) is 1.76. The third kappa shape index (κ3) is 3.73. The molecule has 0 aliphatic carbocycles. The number of hydrogen-bond donors (Lipinski definition) is 0. The summed E-state index contributed by atoms with van der Waals surface area (Å²) >= 11 is 0. The molecule has 0 saturated carbocycles. The van der Waals surface area contributed by atoms with Crippen LogP contribution in [0.15, 0.2) is 42.7 Å². The first-order valence-corrected chi connectivity index (χ1v) is 8.19. The van der Waals surface area contributed by atoms with Crippen LogP contribution in [0.1, 0.15) is 25.5 Å². The molecule has 2 aromatic heterocycles. The Labute approximate surface area is 146 Å². The first-order chi connectivity index (χ1) is 12.1. The Hall–Kier alpha value is -3.03. The van der Waals surface area contributed by atoms with Gasteiger partial charge in [-0.15, -0.1) is 10.2 Å². The molecule has 3 rings (SSSR count). The molecule has 0 radical (unpaired) electrons. The molecule has 3 aromatic rings. The van der Waals surface area contributed by atoms with Crippen molar-refractivity contribution in [1.82, 2.24) is 34.9 Å². The SMILES string of the molecule is CCn1cc(CN(C)C(=O)[C@H](C)n2nnc(-c3ccccc3)n2)cn1. The first kappa shape index (κ1) is 16.8. The van der Waals surface area contributed by atoms with E-state index in [0.29, 0.717) is 12.4 Å². The normalized spacial score (nSPS) is 12.1. The van der Waals surface area contributed by atoms with Gasteiger partial charge in [-0.05, 0) is 19.1 Å². The van der Waals surface area contributed by atoms with E-state index in [1.807, 2.05) is 48.1 Å². The Morgan fingerprint density at radius 3 is 2.72 bits per heavy atom. The average molecular weight is 339 g/mol. The van der Waals surface area contributed by atoms with E-state index in [1.165, 1.54) is 4.80 Å². The number of benzene rings is 1. The van der Waals surface area contributed by atoms with Crippen molar-refractivity contribution in [2.45, 2.75) is 33.0 Å². The van der Waals surface area contributed by atoms with Gasteiger partial charge < -0.3 is 4.90 Å². The molecule has 1 aromatic carbocycles. The molecule has 0 aliphatic heterocycles. The zero-order valence-corrected chi connectivity index (χ0v) is 14.6. The maximum atomic E-state index is 12.6. The number of carbonyl (C=O) groups excluding carboxylic acids is 1. The summed E-state index contributed by atoms with van der Waals surface area (Å²) in [5.41, 5.74) is 1.86. The van der Waals surface area contributed by atoms with Crippen molar-refractivity contribution in [3.8, 4) is 11.4 Å². The van der Waals surface area contributed by atoms with Gasteiger partial charge in [0.1, 0.15) is 6.04 Å². The Kier molecular flexibility index (Phi) is 4.87. The molecule has 8 heteroatoms. The topological polar surface area (TPSA) is 81.7 Å². The van der Waals surface area contributed by atoms with Gasteiger partial charge >= 0.3 is 0 Å². The van der Waals surface area contributed by atoms with Crippen LogP contribution < -0.4 is 0 Å². The second-order valence-corrected chi connectivity index (χ2v) is 5.87. The molecule has 1 amide bonds. The summed E-state index contributed by atoms with van der Waals surface area (Å²) in [6.07, 6.45) is 3.72. The Balaban J connectivity index is 1.68. The number of likely N-dealkylation sites (N-methyl/N-ethyl adjacent to an activating group) is 1. The van der Waals surface area contributed by atoms with Gasteiger partial charge in [0.2, 0.25) is 11.7 Å². The molecule has 0 fully saturated rings. The van der Waals surface area contributed by atoms with Gasteiger partial charge in [-0.25, -0.2) is 0 Å². The fourth-order valence-electron chi connectivity index (χ4n) is 2.52. The van der Waals surface area contributed by atoms with Crippen molar-refractivity contribution in [3.63, 3.8) is 0 Å². The Bertz CT molecular complexity index is 840. The van der Waals surface area contributed by atoms with Crippen molar-refractivity contribution < 1.29 is 4.79 Å². The van der Waals surface area contributed by atoms with Crippen LogP contribution in [0, 0.1) is 0 Å². The summed E-state index contributed by atoms with van der Waals surface area (Å²) in [5.74, 6) is 0.424. The third-order valence-corrected chi connectivity index (χ3v) is 3.97. The summed E-state index contributed by atoms with van der Waals surface area (Å²) in [4.78, 5) is 15.6. The molecule has 0 spiro atoms. The second-order valence-electron chi connectivity index (χ2n) is 5.87. The van der Waals surface area contributed by atoms with Crippen LogP contribution in [0.5, 0.6) is 0 Å². The Morgan fingerprint density at radius 2 is 2.04 bits per heavy atom. The largest absolute Gasteiger partial charge is 0.339 e. The van der Waals surface area contributed by atoms with Gasteiger partial charge in [0.25, 0.3) is 0 Å². The van der Waals surface area contributed by atoms with E-state index in [2.05, 4.69) is 20.5 Å². The zero-order chi connectivity index (χ0) is 17.8. The van der Waals surface area contributed by atoms with E-state index in [0.717, 1.165) is 17.7 Å². The lowest BCUT2D eigenvalue weighted by Crippen LogP contribution is -2.33. The molecule has 130 valence electrons. The van der Waals surface area contributed by atoms with E-state index >= 15 is 0 Å². The van der Waals surface area contributed by atoms with Crippen LogP contribution in [0.2, 0.25) is 0 Å². The minimum Gasteiger partial charge on any atom is -0.339 e. The highest BCUT2D eigenvalue weighted by Gasteiger charge is 2.22. The van der Waals surface area contributed by atoms with E-state index in [1.54, 1.807) is 25.1 Å². The highest BCUT2D eigenvalue weighted by atomic mass is 16.2. The highest BCUT2D eigenvalue weighted by molar-refractivity contribution is 5.79. The molecule has 0 saturated heterocycles. The van der Waals surface area contributed by atoms with Crippen molar-refractivity contribution in [1.29, 1.82) is 0 Å². The third-order valence-electron chi connectivity index (χ3n) is 3.97. The van der Waals surface area contributed by atoms with Gasteiger partial charge in [0.15, 0.2) is 0 Å². The maximum Gasteiger partial charge on any atom is 0.249 e. The van der Waals surface area contributed by atoms with Gasteiger partial charge in [0.05, 0.1) is 6.20 Å². The molecule has 2 heterocycles. The van der Waals surface area contributed by atoms with E-state index in [4.69, 9.17) is 0 Å². The minimum absolute atomic E-state index is 0.0822. The molecule has 0 aliphatic rings.